The molecule has 0 aliphatic heterocycles. The van der Waals surface area contributed by atoms with Gasteiger partial charge in [-0.05, 0) is 145 Å². The van der Waals surface area contributed by atoms with E-state index in [-0.39, 0.29) is 9.79 Å². The van der Waals surface area contributed by atoms with Gasteiger partial charge in [0.15, 0.2) is 0 Å². The minimum absolute atomic E-state index is 0.0666. The molecule has 0 aliphatic rings. The number of carbonyl (C=O) groups is 1. The summed E-state index contributed by atoms with van der Waals surface area (Å²) in [6.07, 6.45) is 5.71. The van der Waals surface area contributed by atoms with Gasteiger partial charge >= 0.3 is 6.16 Å². The van der Waals surface area contributed by atoms with Crippen LogP contribution in [0.3, 0.4) is 0 Å². The summed E-state index contributed by atoms with van der Waals surface area (Å²) in [4.78, 5) is 16.5. The van der Waals surface area contributed by atoms with Crippen LogP contribution in [0.2, 0.25) is 0 Å². The molecule has 0 amide bonds. The van der Waals surface area contributed by atoms with Gasteiger partial charge in [0.25, 0.3) is 20.2 Å². The lowest BCUT2D eigenvalue weighted by Crippen LogP contribution is -2.37. The predicted molar refractivity (Wildman–Crippen MR) is 201 cm³/mol. The maximum Gasteiger partial charge on any atom is 0.508 e. The highest BCUT2D eigenvalue weighted by molar-refractivity contribution is 7.86. The normalized spacial score (nSPS) is 11.9. The predicted octanol–water partition coefficient (Wildman–Crippen LogP) is 8.20. The second-order valence-corrected chi connectivity index (χ2v) is 16.3. The van der Waals surface area contributed by atoms with E-state index < -0.39 is 26.4 Å². The molecule has 0 saturated carbocycles. The number of benzene rings is 2. The Balaban J connectivity index is 0.000000878. The van der Waals surface area contributed by atoms with Crippen LogP contribution in [0.25, 0.3) is 0 Å². The summed E-state index contributed by atoms with van der Waals surface area (Å²) in [6, 6.07) is 14.3. The quantitative estimate of drug-likeness (QED) is 0.0864. The molecule has 0 spiro atoms. The Bertz CT molecular complexity index is 1290. The molecule has 2 N–H and O–H groups in total. The van der Waals surface area contributed by atoms with Gasteiger partial charge in [-0.25, -0.2) is 4.79 Å². The summed E-state index contributed by atoms with van der Waals surface area (Å²) in [7, 11) is -8.04. The van der Waals surface area contributed by atoms with E-state index in [9.17, 15) is 21.6 Å². The zero-order valence-corrected chi connectivity index (χ0v) is 33.6. The van der Waals surface area contributed by atoms with Crippen molar-refractivity contribution in [2.24, 2.45) is 0 Å². The summed E-state index contributed by atoms with van der Waals surface area (Å²) in [6.45, 7) is 24.7. The highest BCUT2D eigenvalue weighted by Gasteiger charge is 2.14. The fourth-order valence-electron chi connectivity index (χ4n) is 5.14. The van der Waals surface area contributed by atoms with Crippen molar-refractivity contribution in [2.75, 3.05) is 26.3 Å². The van der Waals surface area contributed by atoms with Gasteiger partial charge in [-0.3, -0.25) is 18.9 Å². The summed E-state index contributed by atoms with van der Waals surface area (Å²) in [5, 5.41) is 0. The second kappa shape index (κ2) is 24.6. The van der Waals surface area contributed by atoms with Crippen LogP contribution in [0.15, 0.2) is 58.3 Å². The summed E-state index contributed by atoms with van der Waals surface area (Å²) < 4.78 is 69.4. The van der Waals surface area contributed by atoms with Gasteiger partial charge in [0.2, 0.25) is 0 Å². The van der Waals surface area contributed by atoms with Crippen LogP contribution in [-0.4, -0.2) is 92.4 Å². The summed E-state index contributed by atoms with van der Waals surface area (Å²) in [5.74, 6) is 0. The first kappa shape index (κ1) is 47.4. The minimum atomic E-state index is -4.02. The van der Waals surface area contributed by atoms with Gasteiger partial charge in [-0.1, -0.05) is 35.4 Å². The number of unbranched alkanes of at least 4 members (excludes halogenated alkanes) is 4. The van der Waals surface area contributed by atoms with Gasteiger partial charge in [0.1, 0.15) is 0 Å². The van der Waals surface area contributed by atoms with Crippen molar-refractivity contribution in [1.29, 1.82) is 0 Å². The first-order chi connectivity index (χ1) is 23.2. The molecule has 2 rings (SSSR count). The van der Waals surface area contributed by atoms with E-state index >= 15 is 0 Å². The number of ether oxygens (including phenoxy) is 2. The standard InChI is InChI=1S/C23H48N2O3.2C7H8O3S/c1-19(2)24(20(3)4)15-11-9-13-17-27-23(26)28-18-14-10-12-16-25(21(5)6)22(7)8;2*1-6-2-4-7(5-3-6)11(8,9)10/h19-22H,9-18H2,1-8H3;2*2-5H,1H3,(H,8,9,10). The fraction of sp³-hybridized carbons (Fsp3) is 0.649. The Hall–Kier alpha value is -2.55. The maximum absolute atomic E-state index is 11.6. The summed E-state index contributed by atoms with van der Waals surface area (Å²) in [5.41, 5.74) is 1.91. The van der Waals surface area contributed by atoms with E-state index in [1.54, 1.807) is 24.3 Å². The van der Waals surface area contributed by atoms with E-state index in [0.717, 1.165) is 62.7 Å². The Kier molecular flexibility index (Phi) is 23.3. The van der Waals surface area contributed by atoms with E-state index in [1.165, 1.54) is 24.3 Å². The van der Waals surface area contributed by atoms with Crippen molar-refractivity contribution in [2.45, 2.75) is 142 Å². The highest BCUT2D eigenvalue weighted by atomic mass is 32.2. The van der Waals surface area contributed by atoms with Crippen molar-refractivity contribution in [3.8, 4) is 0 Å². The smallest absolute Gasteiger partial charge is 0.434 e. The average Bonchev–Trinajstić information content (AvgIpc) is 2.99. The molecule has 2 aromatic carbocycles. The Morgan fingerprint density at radius 2 is 0.820 bits per heavy atom. The molecule has 288 valence electrons. The second-order valence-electron chi connectivity index (χ2n) is 13.5. The highest BCUT2D eigenvalue weighted by Crippen LogP contribution is 2.11. The Morgan fingerprint density at radius 1 is 0.540 bits per heavy atom. The van der Waals surface area contributed by atoms with E-state index in [1.807, 2.05) is 13.8 Å². The number of hydrogen-bond acceptors (Lipinski definition) is 9. The molecule has 0 radical (unpaired) electrons. The van der Waals surface area contributed by atoms with Crippen LogP contribution in [-0.2, 0) is 29.7 Å². The number of hydrogen-bond donors (Lipinski definition) is 2. The molecule has 0 saturated heterocycles. The zero-order valence-electron chi connectivity index (χ0n) is 32.0. The monoisotopic (exact) mass is 744 g/mol. The number of aryl methyl sites for hydroxylation is 2. The van der Waals surface area contributed by atoms with Crippen LogP contribution in [0, 0.1) is 13.8 Å². The third-order valence-electron chi connectivity index (χ3n) is 7.85. The van der Waals surface area contributed by atoms with Gasteiger partial charge < -0.3 is 9.47 Å². The lowest BCUT2D eigenvalue weighted by Gasteiger charge is -2.30. The van der Waals surface area contributed by atoms with Crippen LogP contribution in [0.1, 0.15) is 105 Å². The fourth-order valence-corrected chi connectivity index (χ4v) is 6.10. The van der Waals surface area contributed by atoms with E-state index in [0.29, 0.717) is 37.4 Å². The SMILES string of the molecule is CC(C)N(CCCCCOC(=O)OCCCCCN(C(C)C)C(C)C)C(C)C.Cc1ccc(S(=O)(=O)O)cc1.Cc1ccc(S(=O)(=O)O)cc1. The van der Waals surface area contributed by atoms with Crippen molar-refractivity contribution < 1.29 is 40.2 Å². The molecule has 2 aromatic rings. The lowest BCUT2D eigenvalue weighted by molar-refractivity contribution is 0.0524. The Morgan fingerprint density at radius 3 is 1.06 bits per heavy atom. The molecule has 0 aromatic heterocycles. The third kappa shape index (κ3) is 22.3. The molecule has 0 atom stereocenters. The van der Waals surface area contributed by atoms with Gasteiger partial charge in [0, 0.05) is 24.2 Å². The van der Waals surface area contributed by atoms with Crippen LogP contribution in [0.4, 0.5) is 4.79 Å². The lowest BCUT2D eigenvalue weighted by atomic mass is 10.2. The largest absolute Gasteiger partial charge is 0.508 e. The van der Waals surface area contributed by atoms with Crippen LogP contribution < -0.4 is 0 Å². The molecule has 0 bridgehead atoms. The minimum Gasteiger partial charge on any atom is -0.434 e. The summed E-state index contributed by atoms with van der Waals surface area (Å²) >= 11 is 0. The van der Waals surface area contributed by atoms with Gasteiger partial charge in [-0.2, -0.15) is 16.8 Å². The van der Waals surface area contributed by atoms with Crippen molar-refractivity contribution >= 4 is 26.4 Å². The van der Waals surface area contributed by atoms with E-state index in [4.69, 9.17) is 18.6 Å². The molecule has 50 heavy (non-hydrogen) atoms. The Labute approximate surface area is 303 Å². The third-order valence-corrected chi connectivity index (χ3v) is 9.59. The topological polar surface area (TPSA) is 151 Å². The molecule has 0 aliphatic carbocycles. The van der Waals surface area contributed by atoms with Gasteiger partial charge in [-0.15, -0.1) is 0 Å². The van der Waals surface area contributed by atoms with Crippen molar-refractivity contribution in [1.82, 2.24) is 9.80 Å². The maximum atomic E-state index is 11.6. The molecule has 0 fully saturated rings. The first-order valence-corrected chi connectivity index (χ1v) is 20.4. The molecule has 0 unspecified atom stereocenters. The molecule has 0 heterocycles. The molecular weight excluding hydrogens is 681 g/mol. The van der Waals surface area contributed by atoms with Gasteiger partial charge in [0.05, 0.1) is 23.0 Å². The first-order valence-electron chi connectivity index (χ1n) is 17.6. The molecule has 13 heteroatoms. The molecular formula is C37H64N2O9S2. The molecule has 11 nitrogen and oxygen atoms in total. The van der Waals surface area contributed by atoms with Crippen LogP contribution >= 0.6 is 0 Å². The van der Waals surface area contributed by atoms with E-state index in [2.05, 4.69) is 65.2 Å². The van der Waals surface area contributed by atoms with Crippen molar-refractivity contribution in [3.63, 3.8) is 0 Å². The number of rotatable bonds is 18. The zero-order chi connectivity index (χ0) is 38.5. The van der Waals surface area contributed by atoms with Crippen molar-refractivity contribution in [3.05, 3.63) is 59.7 Å². The average molecular weight is 745 g/mol. The number of nitrogens with zero attached hydrogens (tertiary/aromatic N) is 2. The van der Waals surface area contributed by atoms with Crippen LogP contribution in [0.5, 0.6) is 0 Å². The number of carbonyl (C=O) groups excluding carboxylic acids is 1.